The minimum Gasteiger partial charge on any atom is -0.311 e. The molecule has 7 heavy (non-hydrogen) atoms. The summed E-state index contributed by atoms with van der Waals surface area (Å²) in [5, 5.41) is 2.42. The van der Waals surface area contributed by atoms with E-state index in [1.807, 2.05) is 0 Å². The summed E-state index contributed by atoms with van der Waals surface area (Å²) in [6.07, 6.45) is 0. The van der Waals surface area contributed by atoms with Crippen LogP contribution in [0, 0.1) is 5.75 Å². The molecule has 1 amide bonds. The van der Waals surface area contributed by atoms with Crippen molar-refractivity contribution in [1.82, 2.24) is 5.32 Å². The predicted molar refractivity (Wildman–Crippen MR) is 32.6 cm³/mol. The predicted octanol–water partition coefficient (Wildman–Crippen LogP) is 0.296. The molecule has 4 heteroatoms. The highest BCUT2D eigenvalue weighted by Crippen LogP contribution is 2.12. The van der Waals surface area contributed by atoms with Crippen molar-refractivity contribution in [2.24, 2.45) is 0 Å². The Bertz CT molecular complexity index is 108. The lowest BCUT2D eigenvalue weighted by Gasteiger charge is -1.81. The Balaban J connectivity index is 2.55. The highest BCUT2D eigenvalue weighted by molar-refractivity contribution is 8.25. The first-order chi connectivity index (χ1) is 3.29. The first-order valence-corrected chi connectivity index (χ1v) is 2.92. The molecule has 1 N–H and O–H groups in total. The van der Waals surface area contributed by atoms with E-state index in [4.69, 9.17) is 0 Å². The number of amides is 1. The summed E-state index contributed by atoms with van der Waals surface area (Å²) in [5.41, 5.74) is 0. The average molecular weight is 132 g/mol. The van der Waals surface area contributed by atoms with Crippen molar-refractivity contribution in [3.63, 3.8) is 0 Å². The van der Waals surface area contributed by atoms with Gasteiger partial charge in [-0.15, -0.1) is 0 Å². The number of hydrogen-bond donors (Lipinski definition) is 1. The van der Waals surface area contributed by atoms with Gasteiger partial charge in [-0.25, -0.2) is 0 Å². The minimum absolute atomic E-state index is 0.102. The van der Waals surface area contributed by atoms with Crippen LogP contribution in [-0.4, -0.2) is 10.2 Å². The van der Waals surface area contributed by atoms with Crippen LogP contribution in [0.1, 0.15) is 0 Å². The molecule has 1 rings (SSSR count). The molecule has 1 heterocycles. The van der Waals surface area contributed by atoms with E-state index in [1.165, 1.54) is 17.5 Å². The molecule has 0 atom stereocenters. The third kappa shape index (κ3) is 1.14. The maximum Gasteiger partial charge on any atom is 0.240 e. The number of thioether (sulfide) groups is 1. The van der Waals surface area contributed by atoms with E-state index in [-0.39, 0.29) is 5.91 Å². The highest BCUT2D eigenvalue weighted by atomic mass is 32.2. The van der Waals surface area contributed by atoms with Crippen molar-refractivity contribution in [3.8, 4) is 0 Å². The molecule has 0 aromatic rings. The number of rotatable bonds is 0. The third-order valence-corrected chi connectivity index (χ3v) is 1.54. The molecule has 1 fully saturated rings. The summed E-state index contributed by atoms with van der Waals surface area (Å²) in [4.78, 5) is 10.2. The summed E-state index contributed by atoms with van der Waals surface area (Å²) in [7, 11) is 0. The first-order valence-electron chi connectivity index (χ1n) is 1.64. The SMILES string of the molecule is O=C1[CH]SC(=S)N1. The number of carbonyl (C=O) groups excluding carboxylic acids is 1. The molecule has 1 radical (unpaired) electrons. The van der Waals surface area contributed by atoms with Gasteiger partial charge in [-0.3, -0.25) is 4.79 Å². The molecule has 2 nitrogen and oxygen atoms in total. The van der Waals surface area contributed by atoms with Crippen molar-refractivity contribution >= 4 is 34.2 Å². The van der Waals surface area contributed by atoms with E-state index in [9.17, 15) is 4.79 Å². The van der Waals surface area contributed by atoms with Crippen molar-refractivity contribution in [2.45, 2.75) is 0 Å². The van der Waals surface area contributed by atoms with Crippen molar-refractivity contribution < 1.29 is 4.79 Å². The normalized spacial score (nSPS) is 20.0. The van der Waals surface area contributed by atoms with Crippen LogP contribution < -0.4 is 5.32 Å². The Labute approximate surface area is 50.7 Å². The molecule has 0 spiro atoms. The molecular formula is C3H2NOS2. The maximum atomic E-state index is 10.2. The zero-order valence-corrected chi connectivity index (χ0v) is 4.94. The van der Waals surface area contributed by atoms with Gasteiger partial charge in [0.15, 0.2) is 0 Å². The van der Waals surface area contributed by atoms with E-state index in [0.717, 1.165) is 0 Å². The van der Waals surface area contributed by atoms with Gasteiger partial charge in [0.25, 0.3) is 0 Å². The molecule has 0 bridgehead atoms. The van der Waals surface area contributed by atoms with Crippen LogP contribution in [0.15, 0.2) is 0 Å². The van der Waals surface area contributed by atoms with E-state index < -0.39 is 0 Å². The van der Waals surface area contributed by atoms with Gasteiger partial charge >= 0.3 is 0 Å². The van der Waals surface area contributed by atoms with Gasteiger partial charge in [-0.05, 0) is 0 Å². The molecule has 37 valence electrons. The molecule has 0 aliphatic carbocycles. The fourth-order valence-electron chi connectivity index (χ4n) is 0.267. The van der Waals surface area contributed by atoms with Crippen LogP contribution in [0.25, 0.3) is 0 Å². The van der Waals surface area contributed by atoms with Crippen molar-refractivity contribution in [1.29, 1.82) is 0 Å². The monoisotopic (exact) mass is 132 g/mol. The van der Waals surface area contributed by atoms with Gasteiger partial charge in [0.05, 0.1) is 0 Å². The van der Waals surface area contributed by atoms with Gasteiger partial charge in [0.2, 0.25) is 5.91 Å². The Hall–Kier alpha value is -0.0900. The van der Waals surface area contributed by atoms with Gasteiger partial charge in [-0.2, -0.15) is 0 Å². The standard InChI is InChI=1S/C3H2NOS2/c5-2-1-7-3(6)4-2/h1H,(H,4,5,6). The lowest BCUT2D eigenvalue weighted by atomic mass is 10.7. The summed E-state index contributed by atoms with van der Waals surface area (Å²) in [5.74, 6) is 1.34. The fourth-order valence-corrected chi connectivity index (χ4v) is 0.944. The van der Waals surface area contributed by atoms with Crippen LogP contribution in [0.3, 0.4) is 0 Å². The van der Waals surface area contributed by atoms with Crippen LogP contribution in [-0.2, 0) is 4.79 Å². The maximum absolute atomic E-state index is 10.2. The van der Waals surface area contributed by atoms with Gasteiger partial charge in [0.1, 0.15) is 10.1 Å². The quantitative estimate of drug-likeness (QED) is 0.480. The minimum atomic E-state index is -0.102. The van der Waals surface area contributed by atoms with Crippen molar-refractivity contribution in [2.75, 3.05) is 0 Å². The molecule has 1 saturated heterocycles. The summed E-state index contributed by atoms with van der Waals surface area (Å²) >= 11 is 5.85. The zero-order chi connectivity index (χ0) is 5.28. The van der Waals surface area contributed by atoms with Crippen LogP contribution in [0.5, 0.6) is 0 Å². The van der Waals surface area contributed by atoms with Crippen molar-refractivity contribution in [3.05, 3.63) is 5.75 Å². The van der Waals surface area contributed by atoms with Crippen LogP contribution in [0.2, 0.25) is 0 Å². The smallest absolute Gasteiger partial charge is 0.240 e. The summed E-state index contributed by atoms with van der Waals surface area (Å²) in [6.45, 7) is 0. The second-order valence-corrected chi connectivity index (χ2v) is 2.56. The van der Waals surface area contributed by atoms with E-state index in [1.54, 1.807) is 0 Å². The van der Waals surface area contributed by atoms with Gasteiger partial charge < -0.3 is 5.32 Å². The van der Waals surface area contributed by atoms with E-state index >= 15 is 0 Å². The number of nitrogens with one attached hydrogen (secondary N) is 1. The molecule has 0 aromatic carbocycles. The highest BCUT2D eigenvalue weighted by Gasteiger charge is 2.13. The van der Waals surface area contributed by atoms with Crippen LogP contribution >= 0.6 is 24.0 Å². The van der Waals surface area contributed by atoms with Crippen LogP contribution in [0.4, 0.5) is 0 Å². The largest absolute Gasteiger partial charge is 0.311 e. The average Bonchev–Trinajstić information content (AvgIpc) is 1.87. The van der Waals surface area contributed by atoms with Gasteiger partial charge in [-0.1, -0.05) is 24.0 Å². The number of hydrogen-bond acceptors (Lipinski definition) is 3. The Morgan fingerprint density at radius 2 is 2.57 bits per heavy atom. The Morgan fingerprint density at radius 3 is 2.71 bits per heavy atom. The van der Waals surface area contributed by atoms with E-state index in [0.29, 0.717) is 4.32 Å². The Kier molecular flexibility index (Phi) is 1.30. The Morgan fingerprint density at radius 1 is 1.86 bits per heavy atom. The summed E-state index contributed by atoms with van der Waals surface area (Å²) in [6, 6.07) is 0. The lowest BCUT2D eigenvalue weighted by molar-refractivity contribution is -0.115. The first kappa shape index (κ1) is 5.05. The van der Waals surface area contributed by atoms with E-state index in [2.05, 4.69) is 17.5 Å². The molecule has 0 aromatic heterocycles. The third-order valence-electron chi connectivity index (χ3n) is 0.498. The molecular weight excluding hydrogens is 130 g/mol. The molecule has 1 aliphatic heterocycles. The number of thiocarbonyl (C=S) groups is 1. The number of carbonyl (C=O) groups is 1. The second kappa shape index (κ2) is 1.79. The topological polar surface area (TPSA) is 29.1 Å². The van der Waals surface area contributed by atoms with Gasteiger partial charge in [0, 0.05) is 0 Å². The molecule has 1 aliphatic rings. The fraction of sp³-hybridized carbons (Fsp3) is 0. The molecule has 0 saturated carbocycles. The second-order valence-electron chi connectivity index (χ2n) is 1.01. The molecule has 0 unspecified atom stereocenters. The lowest BCUT2D eigenvalue weighted by Crippen LogP contribution is -2.16. The zero-order valence-electron chi connectivity index (χ0n) is 3.30. The summed E-state index contributed by atoms with van der Waals surface area (Å²) < 4.78 is 0.546.